The fourth-order valence-corrected chi connectivity index (χ4v) is 3.11. The molecule has 0 radical (unpaired) electrons. The molecule has 4 nitrogen and oxygen atoms in total. The number of anilines is 1. The normalized spacial score (nSPS) is 17.6. The molecule has 0 saturated carbocycles. The summed E-state index contributed by atoms with van der Waals surface area (Å²) in [6.07, 6.45) is 1.74. The first-order valence-corrected chi connectivity index (χ1v) is 7.99. The van der Waals surface area contributed by atoms with Gasteiger partial charge in [0.15, 0.2) is 0 Å². The summed E-state index contributed by atoms with van der Waals surface area (Å²) in [5.41, 5.74) is 1.94. The Balaban J connectivity index is 1.81. The van der Waals surface area contributed by atoms with E-state index in [0.29, 0.717) is 24.8 Å². The predicted octanol–water partition coefficient (Wildman–Crippen LogP) is 3.40. The van der Waals surface area contributed by atoms with Crippen LogP contribution in [0, 0.1) is 12.3 Å². The van der Waals surface area contributed by atoms with Gasteiger partial charge in [0.2, 0.25) is 0 Å². The summed E-state index contributed by atoms with van der Waals surface area (Å²) in [6, 6.07) is 7.80. The van der Waals surface area contributed by atoms with Crippen molar-refractivity contribution in [3.63, 3.8) is 0 Å². The minimum atomic E-state index is -0.114. The maximum absolute atomic E-state index is 9.75. The van der Waals surface area contributed by atoms with E-state index in [1.54, 1.807) is 0 Å². The van der Waals surface area contributed by atoms with E-state index in [4.69, 9.17) is 16.3 Å². The number of hydrogen-bond acceptors (Lipinski definition) is 4. The second-order valence-electron chi connectivity index (χ2n) is 6.11. The van der Waals surface area contributed by atoms with Gasteiger partial charge < -0.3 is 15.2 Å². The first kappa shape index (κ1) is 15.5. The summed E-state index contributed by atoms with van der Waals surface area (Å²) in [6.45, 7) is 4.36. The highest BCUT2D eigenvalue weighted by molar-refractivity contribution is 6.31. The smallest absolute Gasteiger partial charge is 0.126 e. The molecule has 1 aromatic carbocycles. The number of benzene rings is 1. The third kappa shape index (κ3) is 3.19. The van der Waals surface area contributed by atoms with Crippen molar-refractivity contribution in [1.29, 1.82) is 0 Å². The molecule has 22 heavy (non-hydrogen) atoms. The zero-order valence-electron chi connectivity index (χ0n) is 12.7. The van der Waals surface area contributed by atoms with Gasteiger partial charge >= 0.3 is 0 Å². The van der Waals surface area contributed by atoms with E-state index in [-0.39, 0.29) is 12.0 Å². The fraction of sp³-hybridized carbons (Fsp3) is 0.471. The number of nitrogens with one attached hydrogen (secondary N) is 1. The highest BCUT2D eigenvalue weighted by Crippen LogP contribution is 2.31. The van der Waals surface area contributed by atoms with Crippen LogP contribution < -0.4 is 5.32 Å². The summed E-state index contributed by atoms with van der Waals surface area (Å²) in [5, 5.41) is 14.9. The summed E-state index contributed by atoms with van der Waals surface area (Å²) in [5.74, 6) is 0.826. The summed E-state index contributed by atoms with van der Waals surface area (Å²) >= 11 is 6.06. The standard InChI is InChI=1S/C17H21ClN2O2/c1-12-8-16(20-15-9-13(18)2-3-14(12)15)19-10-17(11-21)4-6-22-7-5-17/h2-3,8-9,21H,4-7,10-11H2,1H3,(H,19,20). The van der Waals surface area contributed by atoms with E-state index in [1.807, 2.05) is 24.3 Å². The van der Waals surface area contributed by atoms with Crippen molar-refractivity contribution in [2.24, 2.45) is 5.41 Å². The first-order valence-electron chi connectivity index (χ1n) is 7.61. The van der Waals surface area contributed by atoms with Gasteiger partial charge in [-0.15, -0.1) is 0 Å². The largest absolute Gasteiger partial charge is 0.396 e. The van der Waals surface area contributed by atoms with Gasteiger partial charge in [0.05, 0.1) is 12.1 Å². The Morgan fingerprint density at radius 1 is 1.32 bits per heavy atom. The first-order chi connectivity index (χ1) is 10.6. The molecule has 1 fully saturated rings. The number of aryl methyl sites for hydroxylation is 1. The van der Waals surface area contributed by atoms with Gasteiger partial charge in [-0.2, -0.15) is 0 Å². The molecule has 118 valence electrons. The van der Waals surface area contributed by atoms with Gasteiger partial charge in [-0.3, -0.25) is 0 Å². The second kappa shape index (κ2) is 6.41. The summed E-state index contributed by atoms with van der Waals surface area (Å²) < 4.78 is 5.40. The molecule has 1 saturated heterocycles. The molecule has 0 aliphatic carbocycles. The molecule has 1 aromatic heterocycles. The van der Waals surface area contributed by atoms with Crippen LogP contribution in [-0.2, 0) is 4.74 Å². The van der Waals surface area contributed by atoms with Gasteiger partial charge in [-0.05, 0) is 43.5 Å². The molecular weight excluding hydrogens is 300 g/mol. The molecule has 1 aliphatic heterocycles. The quantitative estimate of drug-likeness (QED) is 0.906. The van der Waals surface area contributed by atoms with Crippen LogP contribution in [-0.4, -0.2) is 36.5 Å². The molecule has 2 N–H and O–H groups in total. The minimum Gasteiger partial charge on any atom is -0.396 e. The Morgan fingerprint density at radius 2 is 2.09 bits per heavy atom. The minimum absolute atomic E-state index is 0.114. The molecule has 0 atom stereocenters. The summed E-state index contributed by atoms with van der Waals surface area (Å²) in [7, 11) is 0. The van der Waals surface area contributed by atoms with E-state index < -0.39 is 0 Å². The SMILES string of the molecule is Cc1cc(NCC2(CO)CCOCC2)nc2cc(Cl)ccc12. The molecule has 0 bridgehead atoms. The fourth-order valence-electron chi connectivity index (χ4n) is 2.94. The number of fused-ring (bicyclic) bond motifs is 1. The molecule has 3 rings (SSSR count). The zero-order chi connectivity index (χ0) is 15.6. The van der Waals surface area contributed by atoms with Crippen LogP contribution in [0.15, 0.2) is 24.3 Å². The zero-order valence-corrected chi connectivity index (χ0v) is 13.5. The number of aromatic nitrogens is 1. The topological polar surface area (TPSA) is 54.4 Å². The lowest BCUT2D eigenvalue weighted by Crippen LogP contribution is -2.39. The molecule has 0 unspecified atom stereocenters. The third-order valence-corrected chi connectivity index (χ3v) is 4.75. The monoisotopic (exact) mass is 320 g/mol. The van der Waals surface area contributed by atoms with Crippen molar-refractivity contribution in [3.8, 4) is 0 Å². The number of ether oxygens (including phenoxy) is 1. The van der Waals surface area contributed by atoms with E-state index in [2.05, 4.69) is 17.2 Å². The van der Waals surface area contributed by atoms with E-state index in [0.717, 1.165) is 35.1 Å². The molecule has 0 spiro atoms. The van der Waals surface area contributed by atoms with Crippen LogP contribution >= 0.6 is 11.6 Å². The van der Waals surface area contributed by atoms with Gasteiger partial charge in [-0.1, -0.05) is 17.7 Å². The molecule has 0 amide bonds. The summed E-state index contributed by atoms with van der Waals surface area (Å²) in [4.78, 5) is 4.64. The lowest BCUT2D eigenvalue weighted by Gasteiger charge is -2.35. The second-order valence-corrected chi connectivity index (χ2v) is 6.55. The Kier molecular flexibility index (Phi) is 4.52. The third-order valence-electron chi connectivity index (χ3n) is 4.51. The average Bonchev–Trinajstić information content (AvgIpc) is 2.53. The molecule has 5 heteroatoms. The maximum atomic E-state index is 9.75. The molecule has 2 heterocycles. The highest BCUT2D eigenvalue weighted by atomic mass is 35.5. The molecule has 1 aliphatic rings. The van der Waals surface area contributed by atoms with Crippen LogP contribution in [0.3, 0.4) is 0 Å². The molecule has 2 aromatic rings. The highest BCUT2D eigenvalue weighted by Gasteiger charge is 2.31. The van der Waals surface area contributed by atoms with Crippen LogP contribution in [0.5, 0.6) is 0 Å². The van der Waals surface area contributed by atoms with Crippen LogP contribution in [0.2, 0.25) is 5.02 Å². The van der Waals surface area contributed by atoms with Crippen LogP contribution in [0.25, 0.3) is 10.9 Å². The number of hydrogen-bond donors (Lipinski definition) is 2. The predicted molar refractivity (Wildman–Crippen MR) is 89.6 cm³/mol. The number of nitrogens with zero attached hydrogens (tertiary/aromatic N) is 1. The van der Waals surface area contributed by atoms with Crippen molar-refractivity contribution in [2.75, 3.05) is 31.7 Å². The van der Waals surface area contributed by atoms with Crippen LogP contribution in [0.4, 0.5) is 5.82 Å². The maximum Gasteiger partial charge on any atom is 0.126 e. The van der Waals surface area contributed by atoms with E-state index in [9.17, 15) is 5.11 Å². The lowest BCUT2D eigenvalue weighted by atomic mass is 9.81. The lowest BCUT2D eigenvalue weighted by molar-refractivity contribution is -0.00861. The Morgan fingerprint density at radius 3 is 2.82 bits per heavy atom. The Labute approximate surface area is 135 Å². The van der Waals surface area contributed by atoms with Crippen molar-refractivity contribution in [2.45, 2.75) is 19.8 Å². The van der Waals surface area contributed by atoms with Crippen molar-refractivity contribution < 1.29 is 9.84 Å². The van der Waals surface area contributed by atoms with E-state index >= 15 is 0 Å². The van der Waals surface area contributed by atoms with Gasteiger partial charge in [0.1, 0.15) is 5.82 Å². The average molecular weight is 321 g/mol. The van der Waals surface area contributed by atoms with Crippen LogP contribution in [0.1, 0.15) is 18.4 Å². The number of aliphatic hydroxyl groups is 1. The van der Waals surface area contributed by atoms with Crippen molar-refractivity contribution in [3.05, 3.63) is 34.9 Å². The van der Waals surface area contributed by atoms with Gasteiger partial charge in [0.25, 0.3) is 0 Å². The number of pyridine rings is 1. The number of rotatable bonds is 4. The van der Waals surface area contributed by atoms with E-state index in [1.165, 1.54) is 0 Å². The van der Waals surface area contributed by atoms with Gasteiger partial charge in [-0.25, -0.2) is 4.98 Å². The van der Waals surface area contributed by atoms with Crippen molar-refractivity contribution in [1.82, 2.24) is 4.98 Å². The molecular formula is C17H21ClN2O2. The number of aliphatic hydroxyl groups excluding tert-OH is 1. The Bertz CT molecular complexity index is 669. The van der Waals surface area contributed by atoms with Crippen molar-refractivity contribution >= 4 is 28.3 Å². The Hall–Kier alpha value is -1.36. The number of halogens is 1. The van der Waals surface area contributed by atoms with Gasteiger partial charge in [0, 0.05) is 35.6 Å².